The van der Waals surface area contributed by atoms with Crippen LogP contribution in [-0.4, -0.2) is 28.7 Å². The predicted octanol–water partition coefficient (Wildman–Crippen LogP) is 2.37. The van der Waals surface area contributed by atoms with E-state index in [0.717, 1.165) is 14.7 Å². The average molecular weight is 396 g/mol. The van der Waals surface area contributed by atoms with E-state index in [9.17, 15) is 9.59 Å². The van der Waals surface area contributed by atoms with Crippen molar-refractivity contribution in [2.75, 3.05) is 7.11 Å². The van der Waals surface area contributed by atoms with Gasteiger partial charge in [0, 0.05) is 10.5 Å². The van der Waals surface area contributed by atoms with Crippen LogP contribution in [-0.2, 0) is 16.1 Å². The molecule has 23 heavy (non-hydrogen) atoms. The van der Waals surface area contributed by atoms with Crippen LogP contribution in [0.1, 0.15) is 10.6 Å². The molecule has 0 N–H and O–H groups in total. The minimum atomic E-state index is -0.563. The standard InChI is InChI=1S/C14H10BrN3O4S/c1-21-12(19)7-18-9-3-2-8(15)6-11(9)23-14(18)17-13(20)10-4-5-16-22-10/h2-6H,7H2,1H3. The number of halogens is 1. The van der Waals surface area contributed by atoms with Crippen LogP contribution < -0.4 is 4.80 Å². The number of carbonyl (C=O) groups excluding carboxylic acids is 2. The van der Waals surface area contributed by atoms with Gasteiger partial charge in [-0.3, -0.25) is 9.59 Å². The van der Waals surface area contributed by atoms with Crippen LogP contribution in [0, 0.1) is 0 Å². The summed E-state index contributed by atoms with van der Waals surface area (Å²) in [5.41, 5.74) is 0.785. The van der Waals surface area contributed by atoms with Crippen molar-refractivity contribution in [3.63, 3.8) is 0 Å². The van der Waals surface area contributed by atoms with Gasteiger partial charge in [0.1, 0.15) is 6.54 Å². The van der Waals surface area contributed by atoms with E-state index in [4.69, 9.17) is 9.26 Å². The zero-order valence-electron chi connectivity index (χ0n) is 11.9. The van der Waals surface area contributed by atoms with Gasteiger partial charge in [-0.2, -0.15) is 4.99 Å². The lowest BCUT2D eigenvalue weighted by Gasteiger charge is -2.03. The highest BCUT2D eigenvalue weighted by atomic mass is 79.9. The molecule has 0 atom stereocenters. The molecule has 0 spiro atoms. The number of hydrogen-bond acceptors (Lipinski definition) is 6. The lowest BCUT2D eigenvalue weighted by molar-refractivity contribution is -0.141. The molecular formula is C14H10BrN3O4S. The zero-order chi connectivity index (χ0) is 16.4. The van der Waals surface area contributed by atoms with E-state index < -0.39 is 11.9 Å². The molecule has 0 aliphatic rings. The molecule has 118 valence electrons. The van der Waals surface area contributed by atoms with E-state index in [1.807, 2.05) is 18.2 Å². The number of carbonyl (C=O) groups is 2. The first-order valence-corrected chi connectivity index (χ1v) is 8.05. The maximum absolute atomic E-state index is 12.1. The van der Waals surface area contributed by atoms with Gasteiger partial charge in [-0.25, -0.2) is 0 Å². The van der Waals surface area contributed by atoms with Crippen LogP contribution in [0.15, 0.2) is 44.5 Å². The average Bonchev–Trinajstić information content (AvgIpc) is 3.16. The SMILES string of the molecule is COC(=O)Cn1c(=NC(=O)c2ccno2)sc2cc(Br)ccc21. The second-order valence-corrected chi connectivity index (χ2v) is 6.38. The molecule has 2 aromatic heterocycles. The molecule has 0 aliphatic carbocycles. The van der Waals surface area contributed by atoms with E-state index in [0.29, 0.717) is 4.80 Å². The van der Waals surface area contributed by atoms with Gasteiger partial charge in [0.25, 0.3) is 0 Å². The van der Waals surface area contributed by atoms with E-state index in [-0.39, 0.29) is 12.3 Å². The zero-order valence-corrected chi connectivity index (χ0v) is 14.3. The molecule has 0 unspecified atom stereocenters. The lowest BCUT2D eigenvalue weighted by atomic mass is 10.3. The number of esters is 1. The molecule has 9 heteroatoms. The fourth-order valence-corrected chi connectivity index (χ4v) is 3.53. The van der Waals surface area contributed by atoms with Gasteiger partial charge in [0.05, 0.1) is 23.5 Å². The highest BCUT2D eigenvalue weighted by Gasteiger charge is 2.14. The minimum absolute atomic E-state index is 0.0354. The summed E-state index contributed by atoms with van der Waals surface area (Å²) in [5.74, 6) is -0.957. The molecule has 1 aromatic carbocycles. The van der Waals surface area contributed by atoms with E-state index in [2.05, 4.69) is 26.1 Å². The molecule has 0 fully saturated rings. The van der Waals surface area contributed by atoms with Crippen LogP contribution >= 0.6 is 27.3 Å². The minimum Gasteiger partial charge on any atom is -0.468 e. The molecule has 2 heterocycles. The molecule has 0 radical (unpaired) electrons. The van der Waals surface area contributed by atoms with Crippen molar-refractivity contribution >= 4 is 49.4 Å². The molecule has 7 nitrogen and oxygen atoms in total. The number of aromatic nitrogens is 2. The first kappa shape index (κ1) is 15.6. The Hall–Kier alpha value is -2.26. The smallest absolute Gasteiger partial charge is 0.325 e. The highest BCUT2D eigenvalue weighted by Crippen LogP contribution is 2.22. The number of benzene rings is 1. The van der Waals surface area contributed by atoms with Crippen LogP contribution in [0.3, 0.4) is 0 Å². The molecular weight excluding hydrogens is 386 g/mol. The number of hydrogen-bond donors (Lipinski definition) is 0. The Morgan fingerprint density at radius 3 is 2.96 bits per heavy atom. The Bertz CT molecular complexity index is 943. The van der Waals surface area contributed by atoms with Gasteiger partial charge in [0.2, 0.25) is 5.76 Å². The van der Waals surface area contributed by atoms with Crippen molar-refractivity contribution in [2.45, 2.75) is 6.54 Å². The Morgan fingerprint density at radius 1 is 1.43 bits per heavy atom. The quantitative estimate of drug-likeness (QED) is 0.635. The van der Waals surface area contributed by atoms with Crippen molar-refractivity contribution in [3.8, 4) is 0 Å². The number of amides is 1. The van der Waals surface area contributed by atoms with Gasteiger partial charge in [-0.15, -0.1) is 0 Å². The Morgan fingerprint density at radius 2 is 2.26 bits per heavy atom. The largest absolute Gasteiger partial charge is 0.468 e. The molecule has 0 saturated carbocycles. The number of methoxy groups -OCH3 is 1. The molecule has 1 amide bonds. The predicted molar refractivity (Wildman–Crippen MR) is 85.9 cm³/mol. The topological polar surface area (TPSA) is 86.7 Å². The number of nitrogens with zero attached hydrogens (tertiary/aromatic N) is 3. The summed E-state index contributed by atoms with van der Waals surface area (Å²) >= 11 is 4.69. The summed E-state index contributed by atoms with van der Waals surface area (Å²) in [6, 6.07) is 7.02. The number of ether oxygens (including phenoxy) is 1. The van der Waals surface area contributed by atoms with Gasteiger partial charge in [0.15, 0.2) is 4.80 Å². The fourth-order valence-electron chi connectivity index (χ4n) is 1.95. The van der Waals surface area contributed by atoms with E-state index >= 15 is 0 Å². The Kier molecular flexibility index (Phi) is 4.39. The summed E-state index contributed by atoms with van der Waals surface area (Å²) < 4.78 is 12.9. The second kappa shape index (κ2) is 6.47. The van der Waals surface area contributed by atoms with Crippen molar-refractivity contribution in [2.24, 2.45) is 4.99 Å². The van der Waals surface area contributed by atoms with Gasteiger partial charge >= 0.3 is 11.9 Å². The maximum Gasteiger partial charge on any atom is 0.325 e. The first-order valence-electron chi connectivity index (χ1n) is 6.44. The lowest BCUT2D eigenvalue weighted by Crippen LogP contribution is -2.22. The summed E-state index contributed by atoms with van der Waals surface area (Å²) in [5, 5.41) is 3.48. The van der Waals surface area contributed by atoms with Crippen LogP contribution in [0.4, 0.5) is 0 Å². The third kappa shape index (κ3) is 3.25. The first-order chi connectivity index (χ1) is 11.1. The summed E-state index contributed by atoms with van der Waals surface area (Å²) in [4.78, 5) is 28.2. The summed E-state index contributed by atoms with van der Waals surface area (Å²) in [6.07, 6.45) is 1.37. The van der Waals surface area contributed by atoms with Crippen molar-refractivity contribution in [1.82, 2.24) is 9.72 Å². The third-order valence-corrected chi connectivity index (χ3v) is 4.54. The highest BCUT2D eigenvalue weighted by molar-refractivity contribution is 9.10. The normalized spacial score (nSPS) is 11.8. The molecule has 3 rings (SSSR count). The third-order valence-electron chi connectivity index (χ3n) is 3.01. The van der Waals surface area contributed by atoms with Crippen LogP contribution in [0.25, 0.3) is 10.2 Å². The Labute approximate surface area is 142 Å². The van der Waals surface area contributed by atoms with Gasteiger partial charge < -0.3 is 13.8 Å². The Balaban J connectivity index is 2.16. The monoisotopic (exact) mass is 395 g/mol. The maximum atomic E-state index is 12.1. The van der Waals surface area contributed by atoms with Crippen molar-refractivity contribution in [3.05, 3.63) is 45.5 Å². The molecule has 3 aromatic rings. The summed E-state index contributed by atoms with van der Waals surface area (Å²) in [7, 11) is 1.31. The molecule has 0 saturated heterocycles. The van der Waals surface area contributed by atoms with E-state index in [1.165, 1.54) is 30.7 Å². The van der Waals surface area contributed by atoms with E-state index in [1.54, 1.807) is 4.57 Å². The fraction of sp³-hybridized carbons (Fsp3) is 0.143. The van der Waals surface area contributed by atoms with Gasteiger partial charge in [-0.05, 0) is 18.2 Å². The molecule has 0 bridgehead atoms. The van der Waals surface area contributed by atoms with Crippen molar-refractivity contribution in [1.29, 1.82) is 0 Å². The van der Waals surface area contributed by atoms with Gasteiger partial charge in [-0.1, -0.05) is 32.4 Å². The summed E-state index contributed by atoms with van der Waals surface area (Å²) in [6.45, 7) is -0.0410. The van der Waals surface area contributed by atoms with Crippen LogP contribution in [0.5, 0.6) is 0 Å². The number of fused-ring (bicyclic) bond motifs is 1. The number of rotatable bonds is 3. The van der Waals surface area contributed by atoms with Crippen LogP contribution in [0.2, 0.25) is 0 Å². The molecule has 0 aliphatic heterocycles. The van der Waals surface area contributed by atoms with Crippen molar-refractivity contribution < 1.29 is 18.8 Å². The number of thiazole rings is 1. The second-order valence-electron chi connectivity index (χ2n) is 4.45.